The molecule has 0 N–H and O–H groups in total. The van der Waals surface area contributed by atoms with Crippen molar-refractivity contribution < 1.29 is 23.9 Å². The number of ether oxygens (including phenoxy) is 2. The van der Waals surface area contributed by atoms with Gasteiger partial charge in [-0.1, -0.05) is 11.6 Å². The van der Waals surface area contributed by atoms with E-state index in [0.717, 1.165) is 0 Å². The van der Waals surface area contributed by atoms with E-state index in [0.29, 0.717) is 36.8 Å². The molecule has 6 nitrogen and oxygen atoms in total. The van der Waals surface area contributed by atoms with Gasteiger partial charge in [0.05, 0.1) is 13.5 Å². The molecule has 0 spiro atoms. The van der Waals surface area contributed by atoms with Crippen molar-refractivity contribution >= 4 is 29.3 Å². The van der Waals surface area contributed by atoms with Crippen LogP contribution in [0, 0.1) is 0 Å². The maximum Gasteiger partial charge on any atom is 0.307 e. The molecule has 0 bridgehead atoms. The first-order chi connectivity index (χ1) is 12.5. The zero-order valence-corrected chi connectivity index (χ0v) is 16.1. The van der Waals surface area contributed by atoms with Gasteiger partial charge in [-0.05, 0) is 37.6 Å². The Bertz CT molecular complexity index is 588. The van der Waals surface area contributed by atoms with Gasteiger partial charge in [0.2, 0.25) is 5.91 Å². The van der Waals surface area contributed by atoms with Gasteiger partial charge >= 0.3 is 5.97 Å². The molecule has 0 saturated carbocycles. The summed E-state index contributed by atoms with van der Waals surface area (Å²) in [5.74, 6) is -0.644. The van der Waals surface area contributed by atoms with Crippen LogP contribution in [-0.4, -0.2) is 56.0 Å². The maximum absolute atomic E-state index is 12.5. The van der Waals surface area contributed by atoms with Crippen molar-refractivity contribution in [1.82, 2.24) is 4.90 Å². The Morgan fingerprint density at radius 1 is 1.04 bits per heavy atom. The fourth-order valence-electron chi connectivity index (χ4n) is 2.35. The van der Waals surface area contributed by atoms with Crippen molar-refractivity contribution in [2.75, 3.05) is 33.4 Å². The predicted molar refractivity (Wildman–Crippen MR) is 99.3 cm³/mol. The quantitative estimate of drug-likeness (QED) is 0.315. The topological polar surface area (TPSA) is 72.9 Å². The molecule has 1 amide bonds. The number of halogens is 1. The number of methoxy groups -OCH3 is 1. The number of nitrogens with zero attached hydrogens (tertiary/aromatic N) is 1. The van der Waals surface area contributed by atoms with E-state index < -0.39 is 0 Å². The van der Waals surface area contributed by atoms with Crippen LogP contribution in [0.15, 0.2) is 24.3 Å². The molecule has 26 heavy (non-hydrogen) atoms. The van der Waals surface area contributed by atoms with Crippen LogP contribution in [0.4, 0.5) is 0 Å². The summed E-state index contributed by atoms with van der Waals surface area (Å²) in [6.07, 6.45) is 1.01. The Balaban J connectivity index is 2.54. The van der Waals surface area contributed by atoms with E-state index in [1.807, 2.05) is 6.92 Å². The number of carbonyl (C=O) groups excluding carboxylic acids is 3. The lowest BCUT2D eigenvalue weighted by atomic mass is 10.1. The second-order valence-electron chi connectivity index (χ2n) is 5.69. The van der Waals surface area contributed by atoms with Gasteiger partial charge in [0.25, 0.3) is 0 Å². The van der Waals surface area contributed by atoms with Crippen molar-refractivity contribution in [1.29, 1.82) is 0 Å². The molecule has 0 unspecified atom stereocenters. The third-order valence-electron chi connectivity index (χ3n) is 3.82. The molecule has 0 heterocycles. The first kappa shape index (κ1) is 22.1. The summed E-state index contributed by atoms with van der Waals surface area (Å²) in [5, 5.41) is 0.556. The van der Waals surface area contributed by atoms with Crippen LogP contribution in [0.3, 0.4) is 0 Å². The van der Waals surface area contributed by atoms with E-state index in [-0.39, 0.29) is 43.5 Å². The highest BCUT2D eigenvalue weighted by molar-refractivity contribution is 6.30. The van der Waals surface area contributed by atoms with E-state index in [1.54, 1.807) is 29.2 Å². The largest absolute Gasteiger partial charge is 0.469 e. The number of rotatable bonds is 12. The number of esters is 1. The molecule has 1 aromatic carbocycles. The van der Waals surface area contributed by atoms with Crippen LogP contribution in [0.2, 0.25) is 5.02 Å². The second-order valence-corrected chi connectivity index (χ2v) is 6.12. The number of ketones is 1. The minimum atomic E-state index is -0.371. The fourth-order valence-corrected chi connectivity index (χ4v) is 2.48. The fraction of sp³-hybridized carbons (Fsp3) is 0.526. The van der Waals surface area contributed by atoms with Gasteiger partial charge in [-0.25, -0.2) is 0 Å². The van der Waals surface area contributed by atoms with Gasteiger partial charge in [0.1, 0.15) is 0 Å². The van der Waals surface area contributed by atoms with Crippen molar-refractivity contribution in [3.8, 4) is 0 Å². The molecular weight excluding hydrogens is 358 g/mol. The third-order valence-corrected chi connectivity index (χ3v) is 4.07. The van der Waals surface area contributed by atoms with Crippen LogP contribution in [0.1, 0.15) is 43.0 Å². The van der Waals surface area contributed by atoms with Crippen molar-refractivity contribution in [2.45, 2.75) is 32.6 Å². The number of amides is 1. The Kier molecular flexibility index (Phi) is 10.6. The Labute approximate surface area is 159 Å². The highest BCUT2D eigenvalue weighted by Crippen LogP contribution is 2.12. The van der Waals surface area contributed by atoms with E-state index in [2.05, 4.69) is 4.74 Å². The summed E-state index contributed by atoms with van der Waals surface area (Å²) in [5.41, 5.74) is 0.527. The molecule has 1 rings (SSSR count). The van der Waals surface area contributed by atoms with Gasteiger partial charge < -0.3 is 14.4 Å². The molecule has 1 aromatic rings. The summed E-state index contributed by atoms with van der Waals surface area (Å²) in [6.45, 7) is 3.81. The molecule has 0 atom stereocenters. The molecule has 0 aliphatic heterocycles. The molecule has 7 heteroatoms. The Hall–Kier alpha value is -1.92. The summed E-state index contributed by atoms with van der Waals surface area (Å²) >= 11 is 5.81. The SMILES string of the molecule is CCOCCCN(CCC(=O)OC)C(=O)CCC(=O)c1ccc(Cl)cc1. The van der Waals surface area contributed by atoms with E-state index in [9.17, 15) is 14.4 Å². The van der Waals surface area contributed by atoms with Gasteiger partial charge in [-0.2, -0.15) is 0 Å². The van der Waals surface area contributed by atoms with E-state index >= 15 is 0 Å². The number of hydrogen-bond acceptors (Lipinski definition) is 5. The molecule has 0 aliphatic carbocycles. The number of Topliss-reactive ketones (excluding diaryl/α,β-unsaturated/α-hetero) is 1. The molecule has 0 aromatic heterocycles. The summed E-state index contributed by atoms with van der Waals surface area (Å²) in [7, 11) is 1.31. The minimum absolute atomic E-state index is 0.0945. The highest BCUT2D eigenvalue weighted by Gasteiger charge is 2.17. The van der Waals surface area contributed by atoms with Crippen molar-refractivity contribution in [2.24, 2.45) is 0 Å². The zero-order chi connectivity index (χ0) is 19.4. The summed E-state index contributed by atoms with van der Waals surface area (Å²) in [4.78, 5) is 37.6. The predicted octanol–water partition coefficient (Wildman–Crippen LogP) is 3.12. The minimum Gasteiger partial charge on any atom is -0.469 e. The van der Waals surface area contributed by atoms with Gasteiger partial charge in [-0.3, -0.25) is 14.4 Å². The highest BCUT2D eigenvalue weighted by atomic mass is 35.5. The summed E-state index contributed by atoms with van der Waals surface area (Å²) < 4.78 is 9.90. The number of benzene rings is 1. The maximum atomic E-state index is 12.5. The lowest BCUT2D eigenvalue weighted by Crippen LogP contribution is -2.34. The second kappa shape index (κ2) is 12.4. The lowest BCUT2D eigenvalue weighted by Gasteiger charge is -2.22. The van der Waals surface area contributed by atoms with Crippen LogP contribution >= 0.6 is 11.6 Å². The zero-order valence-electron chi connectivity index (χ0n) is 15.3. The molecule has 144 valence electrons. The first-order valence-corrected chi connectivity index (χ1v) is 9.06. The molecule has 0 fully saturated rings. The van der Waals surface area contributed by atoms with Gasteiger partial charge in [0, 0.05) is 49.7 Å². The lowest BCUT2D eigenvalue weighted by molar-refractivity contribution is -0.141. The normalized spacial score (nSPS) is 10.4. The molecule has 0 saturated heterocycles. The van der Waals surface area contributed by atoms with Crippen LogP contribution in [-0.2, 0) is 19.1 Å². The standard InChI is InChI=1S/C19H26ClNO5/c1-3-26-14-4-12-21(13-11-19(24)25-2)18(23)10-9-17(22)15-5-7-16(20)8-6-15/h5-8H,3-4,9-14H2,1-2H3. The third kappa shape index (κ3) is 8.45. The van der Waals surface area contributed by atoms with Crippen LogP contribution in [0.5, 0.6) is 0 Å². The van der Waals surface area contributed by atoms with Crippen molar-refractivity contribution in [3.05, 3.63) is 34.9 Å². The molecule has 0 aliphatic rings. The van der Waals surface area contributed by atoms with E-state index in [1.165, 1.54) is 7.11 Å². The Morgan fingerprint density at radius 3 is 2.35 bits per heavy atom. The molecular formula is C19H26ClNO5. The average molecular weight is 384 g/mol. The van der Waals surface area contributed by atoms with Gasteiger partial charge in [-0.15, -0.1) is 0 Å². The van der Waals surface area contributed by atoms with Crippen LogP contribution < -0.4 is 0 Å². The summed E-state index contributed by atoms with van der Waals surface area (Å²) in [6, 6.07) is 6.58. The first-order valence-electron chi connectivity index (χ1n) is 8.69. The smallest absolute Gasteiger partial charge is 0.307 e. The molecule has 0 radical (unpaired) electrons. The monoisotopic (exact) mass is 383 g/mol. The van der Waals surface area contributed by atoms with Crippen molar-refractivity contribution in [3.63, 3.8) is 0 Å². The number of carbonyl (C=O) groups is 3. The van der Waals surface area contributed by atoms with Gasteiger partial charge in [0.15, 0.2) is 5.78 Å². The average Bonchev–Trinajstić information content (AvgIpc) is 2.65. The Morgan fingerprint density at radius 2 is 1.73 bits per heavy atom. The number of hydrogen-bond donors (Lipinski definition) is 0. The van der Waals surface area contributed by atoms with Crippen LogP contribution in [0.25, 0.3) is 0 Å². The van der Waals surface area contributed by atoms with E-state index in [4.69, 9.17) is 16.3 Å².